The van der Waals surface area contributed by atoms with Gasteiger partial charge >= 0.3 is 0 Å². The van der Waals surface area contributed by atoms with E-state index in [1.807, 2.05) is 18.2 Å². The Kier molecular flexibility index (Phi) is 2.87. The molecule has 7 nitrogen and oxygen atoms in total. The van der Waals surface area contributed by atoms with Crippen molar-refractivity contribution in [3.63, 3.8) is 0 Å². The molecule has 7 heteroatoms. The Bertz CT molecular complexity index is 688. The van der Waals surface area contributed by atoms with E-state index < -0.39 is 0 Å². The van der Waals surface area contributed by atoms with Crippen molar-refractivity contribution in [3.05, 3.63) is 29.5 Å². The lowest BCUT2D eigenvalue weighted by Gasteiger charge is -2.19. The van der Waals surface area contributed by atoms with Gasteiger partial charge in [-0.2, -0.15) is 0 Å². The van der Waals surface area contributed by atoms with Crippen molar-refractivity contribution < 1.29 is 14.2 Å². The number of rotatable bonds is 2. The SMILES string of the molecule is NNc1nc(-c2ccc3c(c2)OCO3)nc2c1COCC2. The fourth-order valence-electron chi connectivity index (χ4n) is 2.52. The van der Waals surface area contributed by atoms with Gasteiger partial charge in [0.1, 0.15) is 5.82 Å². The Morgan fingerprint density at radius 3 is 2.95 bits per heavy atom. The molecule has 0 saturated heterocycles. The Morgan fingerprint density at radius 2 is 2.05 bits per heavy atom. The molecule has 0 amide bonds. The maximum absolute atomic E-state index is 5.57. The summed E-state index contributed by atoms with van der Waals surface area (Å²) in [6.45, 7) is 1.39. The van der Waals surface area contributed by atoms with Crippen molar-refractivity contribution in [3.8, 4) is 22.9 Å². The minimum atomic E-state index is 0.247. The summed E-state index contributed by atoms with van der Waals surface area (Å²) in [4.78, 5) is 9.11. The first-order chi connectivity index (χ1) is 10.3. The maximum atomic E-state index is 5.57. The smallest absolute Gasteiger partial charge is 0.231 e. The molecule has 1 aromatic heterocycles. The highest BCUT2D eigenvalue weighted by Crippen LogP contribution is 2.35. The van der Waals surface area contributed by atoms with Gasteiger partial charge in [-0.3, -0.25) is 0 Å². The Labute approximate surface area is 121 Å². The predicted molar refractivity (Wildman–Crippen MR) is 74.8 cm³/mol. The number of aromatic nitrogens is 2. The third-order valence-electron chi connectivity index (χ3n) is 3.59. The largest absolute Gasteiger partial charge is 0.454 e. The van der Waals surface area contributed by atoms with Gasteiger partial charge in [-0.05, 0) is 18.2 Å². The summed E-state index contributed by atoms with van der Waals surface area (Å²) in [5.41, 5.74) is 5.39. The summed E-state index contributed by atoms with van der Waals surface area (Å²) in [7, 11) is 0. The van der Waals surface area contributed by atoms with E-state index in [9.17, 15) is 0 Å². The molecular formula is C14H14N4O3. The molecule has 1 aromatic carbocycles. The highest BCUT2D eigenvalue weighted by Gasteiger charge is 2.20. The first kappa shape index (κ1) is 12.4. The van der Waals surface area contributed by atoms with Crippen LogP contribution in [0.3, 0.4) is 0 Å². The molecule has 0 unspecified atom stereocenters. The van der Waals surface area contributed by atoms with Crippen LogP contribution < -0.4 is 20.7 Å². The highest BCUT2D eigenvalue weighted by atomic mass is 16.7. The van der Waals surface area contributed by atoms with E-state index in [4.69, 9.17) is 20.1 Å². The van der Waals surface area contributed by atoms with Gasteiger partial charge in [0.05, 0.1) is 18.9 Å². The van der Waals surface area contributed by atoms with Gasteiger partial charge in [-0.25, -0.2) is 15.8 Å². The molecule has 0 saturated carbocycles. The van der Waals surface area contributed by atoms with Crippen LogP contribution in [0.1, 0.15) is 11.3 Å². The van der Waals surface area contributed by atoms with E-state index in [0.29, 0.717) is 30.6 Å². The van der Waals surface area contributed by atoms with E-state index >= 15 is 0 Å². The minimum absolute atomic E-state index is 0.247. The maximum Gasteiger partial charge on any atom is 0.231 e. The molecule has 3 heterocycles. The first-order valence-electron chi connectivity index (χ1n) is 6.69. The number of nitrogens with two attached hydrogens (primary N) is 1. The molecule has 0 spiro atoms. The number of anilines is 1. The molecule has 3 N–H and O–H groups in total. The van der Waals surface area contributed by atoms with Crippen molar-refractivity contribution in [2.75, 3.05) is 18.8 Å². The topological polar surface area (TPSA) is 91.5 Å². The number of hydrogen-bond donors (Lipinski definition) is 2. The van der Waals surface area contributed by atoms with E-state index in [2.05, 4.69) is 15.4 Å². The monoisotopic (exact) mass is 286 g/mol. The van der Waals surface area contributed by atoms with E-state index in [0.717, 1.165) is 29.0 Å². The van der Waals surface area contributed by atoms with E-state index in [1.54, 1.807) is 0 Å². The second-order valence-electron chi connectivity index (χ2n) is 4.84. The van der Waals surface area contributed by atoms with Gasteiger partial charge in [0.15, 0.2) is 17.3 Å². The van der Waals surface area contributed by atoms with Crippen LogP contribution in [0.5, 0.6) is 11.5 Å². The molecule has 0 atom stereocenters. The fourth-order valence-corrected chi connectivity index (χ4v) is 2.52. The average molecular weight is 286 g/mol. The lowest BCUT2D eigenvalue weighted by atomic mass is 10.1. The first-order valence-corrected chi connectivity index (χ1v) is 6.69. The van der Waals surface area contributed by atoms with Gasteiger partial charge in [-0.1, -0.05) is 0 Å². The quantitative estimate of drug-likeness (QED) is 0.633. The molecule has 2 aliphatic heterocycles. The van der Waals surface area contributed by atoms with Gasteiger partial charge < -0.3 is 19.6 Å². The second-order valence-corrected chi connectivity index (χ2v) is 4.84. The molecular weight excluding hydrogens is 272 g/mol. The molecule has 0 bridgehead atoms. The van der Waals surface area contributed by atoms with Crippen molar-refractivity contribution >= 4 is 5.82 Å². The van der Waals surface area contributed by atoms with Gasteiger partial charge in [0, 0.05) is 17.5 Å². The van der Waals surface area contributed by atoms with Crippen LogP contribution in [0.2, 0.25) is 0 Å². The zero-order valence-electron chi connectivity index (χ0n) is 11.3. The van der Waals surface area contributed by atoms with Crippen LogP contribution in [0, 0.1) is 0 Å². The van der Waals surface area contributed by atoms with Crippen molar-refractivity contribution in [2.45, 2.75) is 13.0 Å². The molecule has 2 aliphatic rings. The summed E-state index contributed by atoms with van der Waals surface area (Å²) >= 11 is 0. The minimum Gasteiger partial charge on any atom is -0.454 e. The summed E-state index contributed by atoms with van der Waals surface area (Å²) < 4.78 is 16.1. The van der Waals surface area contributed by atoms with E-state index in [-0.39, 0.29) is 6.79 Å². The number of nitrogen functional groups attached to an aromatic ring is 1. The molecule has 0 aliphatic carbocycles. The molecule has 0 fully saturated rings. The lowest BCUT2D eigenvalue weighted by molar-refractivity contribution is 0.109. The molecule has 4 rings (SSSR count). The Morgan fingerprint density at radius 1 is 1.14 bits per heavy atom. The normalized spacial score (nSPS) is 15.7. The number of nitrogens with zero attached hydrogens (tertiary/aromatic N) is 2. The molecule has 21 heavy (non-hydrogen) atoms. The Hall–Kier alpha value is -2.38. The molecule has 108 valence electrons. The predicted octanol–water partition coefficient (Wildman–Crippen LogP) is 1.23. The highest BCUT2D eigenvalue weighted by molar-refractivity contribution is 5.64. The number of nitrogens with one attached hydrogen (secondary N) is 1. The van der Waals surface area contributed by atoms with Crippen molar-refractivity contribution in [1.82, 2.24) is 9.97 Å². The summed E-state index contributed by atoms with van der Waals surface area (Å²) in [6.07, 6.45) is 0.754. The van der Waals surface area contributed by atoms with Gasteiger partial charge in [0.25, 0.3) is 0 Å². The van der Waals surface area contributed by atoms with Crippen molar-refractivity contribution in [2.24, 2.45) is 5.84 Å². The summed E-state index contributed by atoms with van der Waals surface area (Å²) in [6, 6.07) is 5.65. The van der Waals surface area contributed by atoms with Crippen LogP contribution >= 0.6 is 0 Å². The van der Waals surface area contributed by atoms with Crippen LogP contribution in [-0.2, 0) is 17.8 Å². The number of hydrazine groups is 1. The summed E-state index contributed by atoms with van der Waals surface area (Å²) in [5, 5.41) is 0. The third-order valence-corrected chi connectivity index (χ3v) is 3.59. The zero-order chi connectivity index (χ0) is 14.2. The van der Waals surface area contributed by atoms with Crippen LogP contribution in [0.4, 0.5) is 5.82 Å². The number of benzene rings is 1. The average Bonchev–Trinajstić information content (AvgIpc) is 3.01. The van der Waals surface area contributed by atoms with Crippen LogP contribution in [-0.4, -0.2) is 23.4 Å². The summed E-state index contributed by atoms with van der Waals surface area (Å²) in [5.74, 6) is 8.23. The zero-order valence-corrected chi connectivity index (χ0v) is 11.3. The van der Waals surface area contributed by atoms with Crippen LogP contribution in [0.25, 0.3) is 11.4 Å². The van der Waals surface area contributed by atoms with E-state index in [1.165, 1.54) is 0 Å². The van der Waals surface area contributed by atoms with Crippen LogP contribution in [0.15, 0.2) is 18.2 Å². The fraction of sp³-hybridized carbons (Fsp3) is 0.286. The molecule has 2 aromatic rings. The standard InChI is InChI=1S/C14H14N4O3/c15-18-14-9-6-19-4-3-10(9)16-13(17-14)8-1-2-11-12(5-8)21-7-20-11/h1-2,5H,3-4,6-7,15H2,(H,16,17,18). The Balaban J connectivity index is 1.81. The lowest BCUT2D eigenvalue weighted by Crippen LogP contribution is -2.19. The third kappa shape index (κ3) is 2.07. The second kappa shape index (κ2) is 4.87. The number of ether oxygens (including phenoxy) is 3. The number of fused-ring (bicyclic) bond motifs is 2. The number of hydrogen-bond acceptors (Lipinski definition) is 7. The van der Waals surface area contributed by atoms with Gasteiger partial charge in [-0.15, -0.1) is 0 Å². The molecule has 0 radical (unpaired) electrons. The van der Waals surface area contributed by atoms with Gasteiger partial charge in [0.2, 0.25) is 6.79 Å². The van der Waals surface area contributed by atoms with Crippen molar-refractivity contribution in [1.29, 1.82) is 0 Å².